The molecular formula is C17H22N4O5. The van der Waals surface area contributed by atoms with Crippen molar-refractivity contribution in [2.24, 2.45) is 5.92 Å². The molecule has 0 fully saturated rings. The summed E-state index contributed by atoms with van der Waals surface area (Å²) in [5.74, 6) is -0.515. The first-order valence-corrected chi connectivity index (χ1v) is 8.10. The van der Waals surface area contributed by atoms with Crippen LogP contribution < -0.4 is 10.6 Å². The van der Waals surface area contributed by atoms with Crippen molar-refractivity contribution in [2.45, 2.75) is 26.8 Å². The van der Waals surface area contributed by atoms with Gasteiger partial charge in [0.25, 0.3) is 5.91 Å². The van der Waals surface area contributed by atoms with E-state index >= 15 is 0 Å². The fraction of sp³-hybridized carbons (Fsp3) is 0.412. The summed E-state index contributed by atoms with van der Waals surface area (Å²) in [4.78, 5) is 38.1. The molecule has 1 unspecified atom stereocenters. The predicted octanol–water partition coefficient (Wildman–Crippen LogP) is 1.43. The normalized spacial score (nSPS) is 11.9. The quantitative estimate of drug-likeness (QED) is 0.769. The van der Waals surface area contributed by atoms with Crippen molar-refractivity contribution in [3.05, 3.63) is 36.0 Å². The maximum Gasteiger partial charge on any atom is 0.287 e. The van der Waals surface area contributed by atoms with Gasteiger partial charge >= 0.3 is 0 Å². The Kier molecular flexibility index (Phi) is 6.16. The molecule has 2 aromatic rings. The lowest BCUT2D eigenvalue weighted by atomic mass is 10.0. The number of furan rings is 1. The maximum atomic E-state index is 12.6. The molecule has 140 valence electrons. The second-order valence-electron chi connectivity index (χ2n) is 6.24. The number of carbonyl (C=O) groups is 3. The molecule has 9 nitrogen and oxygen atoms in total. The number of nitrogens with one attached hydrogen (secondary N) is 2. The zero-order chi connectivity index (χ0) is 19.3. The van der Waals surface area contributed by atoms with Crippen molar-refractivity contribution in [1.29, 1.82) is 0 Å². The molecule has 2 aromatic heterocycles. The molecule has 0 aliphatic carbocycles. The Morgan fingerprint density at radius 1 is 1.31 bits per heavy atom. The van der Waals surface area contributed by atoms with Gasteiger partial charge in [0.1, 0.15) is 11.8 Å². The Labute approximate surface area is 150 Å². The van der Waals surface area contributed by atoms with Crippen LogP contribution in [0.3, 0.4) is 0 Å². The fourth-order valence-corrected chi connectivity index (χ4v) is 2.27. The molecule has 0 aliphatic rings. The first-order chi connectivity index (χ1) is 12.3. The van der Waals surface area contributed by atoms with E-state index in [0.717, 1.165) is 0 Å². The van der Waals surface area contributed by atoms with Crippen molar-refractivity contribution in [3.8, 4) is 0 Å². The number of anilines is 1. The van der Waals surface area contributed by atoms with Gasteiger partial charge in [0.2, 0.25) is 11.8 Å². The van der Waals surface area contributed by atoms with Crippen molar-refractivity contribution < 1.29 is 23.3 Å². The molecule has 0 saturated carbocycles. The minimum absolute atomic E-state index is 0.116. The van der Waals surface area contributed by atoms with E-state index in [1.165, 1.54) is 24.3 Å². The molecule has 0 radical (unpaired) electrons. The zero-order valence-corrected chi connectivity index (χ0v) is 15.1. The average molecular weight is 362 g/mol. The maximum absolute atomic E-state index is 12.6. The smallest absolute Gasteiger partial charge is 0.287 e. The van der Waals surface area contributed by atoms with E-state index in [9.17, 15) is 14.4 Å². The molecule has 9 heteroatoms. The summed E-state index contributed by atoms with van der Waals surface area (Å²) in [5, 5.41) is 8.84. The summed E-state index contributed by atoms with van der Waals surface area (Å²) >= 11 is 0. The van der Waals surface area contributed by atoms with E-state index in [1.54, 1.807) is 32.9 Å². The van der Waals surface area contributed by atoms with Gasteiger partial charge in [-0.3, -0.25) is 14.4 Å². The van der Waals surface area contributed by atoms with Crippen molar-refractivity contribution in [2.75, 3.05) is 18.9 Å². The van der Waals surface area contributed by atoms with Crippen LogP contribution in [0.15, 0.2) is 33.4 Å². The number of rotatable bonds is 7. The molecule has 0 aromatic carbocycles. The second-order valence-corrected chi connectivity index (χ2v) is 6.24. The topological polar surface area (TPSA) is 118 Å². The summed E-state index contributed by atoms with van der Waals surface area (Å²) in [6.45, 7) is 5.12. The van der Waals surface area contributed by atoms with Gasteiger partial charge in [0.05, 0.1) is 12.8 Å². The molecule has 1 atom stereocenters. The molecule has 26 heavy (non-hydrogen) atoms. The third-order valence-corrected chi connectivity index (χ3v) is 3.62. The standard InChI is InChI=1S/C17H22N4O5/c1-10(2)15(19-16(23)12-6-5-7-25-12)17(24)21(4)9-14(22)18-13-8-11(3)26-20-13/h5-8,10,15H,9H2,1-4H3,(H,19,23)(H,18,20,22). The highest BCUT2D eigenvalue weighted by Crippen LogP contribution is 2.10. The Morgan fingerprint density at radius 2 is 2.04 bits per heavy atom. The van der Waals surface area contributed by atoms with Crippen molar-refractivity contribution in [1.82, 2.24) is 15.4 Å². The minimum Gasteiger partial charge on any atom is -0.459 e. The second kappa shape index (κ2) is 8.32. The SMILES string of the molecule is Cc1cc(NC(=O)CN(C)C(=O)C(NC(=O)c2ccco2)C(C)C)no1. The van der Waals surface area contributed by atoms with Gasteiger partial charge in [0.15, 0.2) is 11.6 Å². The molecule has 2 rings (SSSR count). The molecule has 2 N–H and O–H groups in total. The molecule has 3 amide bonds. The number of amides is 3. The van der Waals surface area contributed by atoms with Crippen molar-refractivity contribution >= 4 is 23.5 Å². The minimum atomic E-state index is -0.792. The van der Waals surface area contributed by atoms with E-state index < -0.39 is 17.9 Å². The number of hydrogen-bond donors (Lipinski definition) is 2. The first-order valence-electron chi connectivity index (χ1n) is 8.10. The number of aromatic nitrogens is 1. The zero-order valence-electron chi connectivity index (χ0n) is 15.1. The lowest BCUT2D eigenvalue weighted by molar-refractivity contribution is -0.135. The molecule has 0 spiro atoms. The summed E-state index contributed by atoms with van der Waals surface area (Å²) in [6, 6.07) is 3.87. The van der Waals surface area contributed by atoms with Gasteiger partial charge in [-0.1, -0.05) is 19.0 Å². The third kappa shape index (κ3) is 4.95. The van der Waals surface area contributed by atoms with Crippen molar-refractivity contribution in [3.63, 3.8) is 0 Å². The van der Waals surface area contributed by atoms with Crippen LogP contribution in [0.1, 0.15) is 30.2 Å². The first kappa shape index (κ1) is 19.2. The lowest BCUT2D eigenvalue weighted by Gasteiger charge is -2.26. The van der Waals surface area contributed by atoms with Crippen LogP contribution >= 0.6 is 0 Å². The highest BCUT2D eigenvalue weighted by atomic mass is 16.5. The summed E-state index contributed by atoms with van der Waals surface area (Å²) < 4.78 is 9.90. The largest absolute Gasteiger partial charge is 0.459 e. The Morgan fingerprint density at radius 3 is 2.58 bits per heavy atom. The highest BCUT2D eigenvalue weighted by Gasteiger charge is 2.29. The Hall–Kier alpha value is -3.10. The van der Waals surface area contributed by atoms with E-state index in [1.807, 2.05) is 0 Å². The number of likely N-dealkylation sites (N-methyl/N-ethyl adjacent to an activating group) is 1. The predicted molar refractivity (Wildman–Crippen MR) is 92.3 cm³/mol. The van der Waals surface area contributed by atoms with Gasteiger partial charge in [-0.25, -0.2) is 0 Å². The molecular weight excluding hydrogens is 340 g/mol. The molecule has 0 aliphatic heterocycles. The molecule has 0 saturated heterocycles. The van der Waals surface area contributed by atoms with Gasteiger partial charge in [-0.15, -0.1) is 0 Å². The van der Waals surface area contributed by atoms with Crippen LogP contribution in [0.2, 0.25) is 0 Å². The summed E-state index contributed by atoms with van der Waals surface area (Å²) in [5.41, 5.74) is 0. The lowest BCUT2D eigenvalue weighted by Crippen LogP contribution is -2.51. The van der Waals surface area contributed by atoms with Crippen LogP contribution in [0.25, 0.3) is 0 Å². The Bertz CT molecular complexity index is 766. The van der Waals surface area contributed by atoms with Crippen LogP contribution in [0, 0.1) is 12.8 Å². The third-order valence-electron chi connectivity index (χ3n) is 3.62. The van der Waals surface area contributed by atoms with Gasteiger partial charge < -0.3 is 24.5 Å². The van der Waals surface area contributed by atoms with E-state index in [2.05, 4.69) is 15.8 Å². The number of aryl methyl sites for hydroxylation is 1. The van der Waals surface area contributed by atoms with Gasteiger partial charge in [0, 0.05) is 13.1 Å². The number of nitrogens with zero attached hydrogens (tertiary/aromatic N) is 2. The van der Waals surface area contributed by atoms with Crippen LogP contribution in [-0.2, 0) is 9.59 Å². The Balaban J connectivity index is 1.96. The fourth-order valence-electron chi connectivity index (χ4n) is 2.27. The molecule has 0 bridgehead atoms. The molecule has 2 heterocycles. The van der Waals surface area contributed by atoms with Crippen LogP contribution in [0.4, 0.5) is 5.82 Å². The summed E-state index contributed by atoms with van der Waals surface area (Å²) in [7, 11) is 1.49. The van der Waals surface area contributed by atoms with Crippen LogP contribution in [0.5, 0.6) is 0 Å². The number of carbonyl (C=O) groups excluding carboxylic acids is 3. The summed E-state index contributed by atoms with van der Waals surface area (Å²) in [6.07, 6.45) is 1.38. The van der Waals surface area contributed by atoms with Gasteiger partial charge in [-0.05, 0) is 25.0 Å². The van der Waals surface area contributed by atoms with E-state index in [4.69, 9.17) is 8.94 Å². The average Bonchev–Trinajstić information content (AvgIpc) is 3.23. The van der Waals surface area contributed by atoms with E-state index in [-0.39, 0.29) is 29.9 Å². The van der Waals surface area contributed by atoms with E-state index in [0.29, 0.717) is 5.76 Å². The van der Waals surface area contributed by atoms with Crippen LogP contribution in [-0.4, -0.2) is 47.4 Å². The number of hydrogen-bond acceptors (Lipinski definition) is 6. The monoisotopic (exact) mass is 362 g/mol. The highest BCUT2D eigenvalue weighted by molar-refractivity contribution is 5.97. The van der Waals surface area contributed by atoms with Gasteiger partial charge in [-0.2, -0.15) is 0 Å².